The van der Waals surface area contributed by atoms with Crippen LogP contribution in [0.25, 0.3) is 11.3 Å². The van der Waals surface area contributed by atoms with Crippen LogP contribution in [-0.4, -0.2) is 17.0 Å². The highest BCUT2D eigenvalue weighted by Gasteiger charge is 2.64. The highest BCUT2D eigenvalue weighted by atomic mass is 35.5. The molecule has 8 heteroatoms. The number of non-ortho nitro benzene ring substituents is 1. The van der Waals surface area contributed by atoms with E-state index in [1.165, 1.54) is 37.3 Å². The fraction of sp³-hybridized carbons (Fsp3) is 0.400. The number of carbonyl (C=O) groups excluding carboxylic acids is 1. The third-order valence-electron chi connectivity index (χ3n) is 6.04. The van der Waals surface area contributed by atoms with Gasteiger partial charge in [-0.25, -0.2) is 5.43 Å². The van der Waals surface area contributed by atoms with Gasteiger partial charge in [0.2, 0.25) is 5.91 Å². The minimum atomic E-state index is -0.505. The Balaban J connectivity index is 1.40. The lowest BCUT2D eigenvalue weighted by Gasteiger charge is -2.15. The van der Waals surface area contributed by atoms with Crippen molar-refractivity contribution in [2.45, 2.75) is 32.6 Å². The van der Waals surface area contributed by atoms with Crippen LogP contribution in [0.3, 0.4) is 0 Å². The van der Waals surface area contributed by atoms with Gasteiger partial charge in [-0.05, 0) is 42.4 Å². The van der Waals surface area contributed by atoms with Gasteiger partial charge in [0, 0.05) is 23.6 Å². The molecule has 7 nitrogen and oxygen atoms in total. The number of carbonyl (C=O) groups is 1. The van der Waals surface area contributed by atoms with E-state index in [1.807, 2.05) is 0 Å². The van der Waals surface area contributed by atoms with Gasteiger partial charge in [-0.3, -0.25) is 14.9 Å². The number of fused-ring (bicyclic) bond motifs is 1. The zero-order chi connectivity index (χ0) is 19.9. The van der Waals surface area contributed by atoms with Gasteiger partial charge in [0.25, 0.3) is 5.69 Å². The van der Waals surface area contributed by atoms with Gasteiger partial charge < -0.3 is 4.42 Å². The Morgan fingerprint density at radius 2 is 2.21 bits per heavy atom. The number of amides is 1. The maximum atomic E-state index is 12.4. The lowest BCUT2D eigenvalue weighted by molar-refractivity contribution is -0.384. The normalized spacial score (nSPS) is 26.1. The molecule has 0 bridgehead atoms. The van der Waals surface area contributed by atoms with Crippen molar-refractivity contribution in [2.24, 2.45) is 22.4 Å². The van der Waals surface area contributed by atoms with Crippen LogP contribution in [0.15, 0.2) is 39.9 Å². The molecule has 2 saturated carbocycles. The van der Waals surface area contributed by atoms with Crippen molar-refractivity contribution in [1.82, 2.24) is 5.43 Å². The summed E-state index contributed by atoms with van der Waals surface area (Å²) in [5, 5.41) is 15.0. The first-order valence-electron chi connectivity index (χ1n) is 9.27. The molecule has 0 unspecified atom stereocenters. The van der Waals surface area contributed by atoms with E-state index in [1.54, 1.807) is 12.1 Å². The predicted octanol–water partition coefficient (Wildman–Crippen LogP) is 4.78. The quantitative estimate of drug-likeness (QED) is 0.442. The second-order valence-electron chi connectivity index (χ2n) is 7.69. The largest absolute Gasteiger partial charge is 0.455 e. The maximum absolute atomic E-state index is 12.4. The first-order valence-corrected chi connectivity index (χ1v) is 9.65. The molecule has 1 N–H and O–H groups in total. The zero-order valence-corrected chi connectivity index (χ0v) is 16.1. The van der Waals surface area contributed by atoms with Gasteiger partial charge >= 0.3 is 0 Å². The third kappa shape index (κ3) is 3.30. The highest BCUT2D eigenvalue weighted by molar-refractivity contribution is 6.33. The molecule has 2 aliphatic carbocycles. The van der Waals surface area contributed by atoms with Crippen molar-refractivity contribution >= 4 is 29.4 Å². The van der Waals surface area contributed by atoms with Gasteiger partial charge in [-0.2, -0.15) is 5.10 Å². The summed E-state index contributed by atoms with van der Waals surface area (Å²) < 4.78 is 5.67. The number of halogens is 1. The number of hydrogen-bond donors (Lipinski definition) is 1. The van der Waals surface area contributed by atoms with E-state index in [2.05, 4.69) is 17.5 Å². The predicted molar refractivity (Wildman–Crippen MR) is 105 cm³/mol. The minimum absolute atomic E-state index is 0.0316. The van der Waals surface area contributed by atoms with E-state index in [0.29, 0.717) is 23.0 Å². The topological polar surface area (TPSA) is 97.7 Å². The van der Waals surface area contributed by atoms with Gasteiger partial charge in [-0.15, -0.1) is 0 Å². The summed E-state index contributed by atoms with van der Waals surface area (Å²) in [4.78, 5) is 22.7. The van der Waals surface area contributed by atoms with Crippen LogP contribution < -0.4 is 5.43 Å². The summed E-state index contributed by atoms with van der Waals surface area (Å²) in [6.45, 7) is 2.19. The molecule has 1 heterocycles. The number of nitro benzene ring substituents is 1. The SMILES string of the molecule is C[C@]12CCCC[C@@H]1[C@@H]2C(=O)N/N=C\c1ccc(-c2ccc([N+](=O)[O-])cc2Cl)o1. The monoisotopic (exact) mass is 401 g/mol. The zero-order valence-electron chi connectivity index (χ0n) is 15.4. The molecule has 28 heavy (non-hydrogen) atoms. The lowest BCUT2D eigenvalue weighted by atomic mass is 9.90. The number of nitrogens with one attached hydrogen (secondary N) is 1. The molecule has 2 aliphatic rings. The molecule has 3 atom stereocenters. The number of furan rings is 1. The van der Waals surface area contributed by atoms with Gasteiger partial charge in [0.05, 0.1) is 16.2 Å². The van der Waals surface area contributed by atoms with E-state index in [4.69, 9.17) is 16.0 Å². The smallest absolute Gasteiger partial charge is 0.270 e. The second kappa shape index (κ2) is 7.05. The van der Waals surface area contributed by atoms with Gasteiger partial charge in [0.1, 0.15) is 11.5 Å². The van der Waals surface area contributed by atoms with Crippen LogP contribution in [-0.2, 0) is 4.79 Å². The fourth-order valence-corrected chi connectivity index (χ4v) is 4.73. The van der Waals surface area contributed by atoms with Crippen LogP contribution in [0.1, 0.15) is 38.4 Å². The average Bonchev–Trinajstić information content (AvgIpc) is 3.03. The number of hydrazone groups is 1. The molecular formula is C20H20ClN3O4. The Morgan fingerprint density at radius 1 is 1.39 bits per heavy atom. The van der Waals surface area contributed by atoms with E-state index < -0.39 is 4.92 Å². The molecular weight excluding hydrogens is 382 g/mol. The van der Waals surface area contributed by atoms with E-state index in [-0.39, 0.29) is 28.0 Å². The Morgan fingerprint density at radius 3 is 2.89 bits per heavy atom. The average molecular weight is 402 g/mol. The number of nitrogens with zero attached hydrogens (tertiary/aromatic N) is 2. The Kier molecular flexibility index (Phi) is 4.71. The van der Waals surface area contributed by atoms with Crippen molar-refractivity contribution in [2.75, 3.05) is 0 Å². The van der Waals surface area contributed by atoms with Crippen LogP contribution >= 0.6 is 11.6 Å². The minimum Gasteiger partial charge on any atom is -0.455 e. The standard InChI is InChI=1S/C20H20ClN3O4/c1-20-9-3-2-4-15(20)18(20)19(25)23-22-11-13-6-8-17(28-13)14-7-5-12(24(26)27)10-16(14)21/h5-8,10-11,15,18H,2-4,9H2,1H3,(H,23,25)/b22-11-/t15-,18-,20+/m1/s1. The van der Waals surface area contributed by atoms with Crippen molar-refractivity contribution in [3.05, 3.63) is 51.2 Å². The van der Waals surface area contributed by atoms with Crippen molar-refractivity contribution < 1.29 is 14.1 Å². The summed E-state index contributed by atoms with van der Waals surface area (Å²) in [7, 11) is 0. The van der Waals surface area contributed by atoms with Crippen LogP contribution in [0.4, 0.5) is 5.69 Å². The lowest BCUT2D eigenvalue weighted by Crippen LogP contribution is -2.22. The third-order valence-corrected chi connectivity index (χ3v) is 6.35. The van der Waals surface area contributed by atoms with E-state index >= 15 is 0 Å². The summed E-state index contributed by atoms with van der Waals surface area (Å²) in [5.41, 5.74) is 3.23. The number of rotatable bonds is 5. The van der Waals surface area contributed by atoms with Crippen LogP contribution in [0.2, 0.25) is 5.02 Å². The Bertz CT molecular complexity index is 970. The summed E-state index contributed by atoms with van der Waals surface area (Å²) in [6, 6.07) is 7.58. The molecule has 146 valence electrons. The number of nitro groups is 1. The number of benzene rings is 1. The van der Waals surface area contributed by atoms with Crippen molar-refractivity contribution in [3.8, 4) is 11.3 Å². The highest BCUT2D eigenvalue weighted by Crippen LogP contribution is 2.66. The van der Waals surface area contributed by atoms with E-state index in [0.717, 1.165) is 12.8 Å². The summed E-state index contributed by atoms with van der Waals surface area (Å²) >= 11 is 6.12. The number of hydrogen-bond acceptors (Lipinski definition) is 5. The fourth-order valence-electron chi connectivity index (χ4n) is 4.46. The molecule has 1 amide bonds. The molecule has 4 rings (SSSR count). The van der Waals surface area contributed by atoms with Crippen LogP contribution in [0, 0.1) is 27.4 Å². The molecule has 2 fully saturated rings. The molecule has 0 radical (unpaired) electrons. The Labute approximate surface area is 166 Å². The van der Waals surface area contributed by atoms with Crippen molar-refractivity contribution in [1.29, 1.82) is 0 Å². The van der Waals surface area contributed by atoms with E-state index in [9.17, 15) is 14.9 Å². The van der Waals surface area contributed by atoms with Gasteiger partial charge in [-0.1, -0.05) is 31.4 Å². The maximum Gasteiger partial charge on any atom is 0.270 e. The summed E-state index contributed by atoms with van der Waals surface area (Å²) in [6.07, 6.45) is 6.07. The molecule has 2 aromatic rings. The summed E-state index contributed by atoms with van der Waals surface area (Å²) in [5.74, 6) is 1.42. The second-order valence-corrected chi connectivity index (χ2v) is 8.10. The Hall–Kier alpha value is -2.67. The molecule has 1 aromatic heterocycles. The molecule has 1 aromatic carbocycles. The molecule has 0 aliphatic heterocycles. The van der Waals surface area contributed by atoms with Crippen molar-refractivity contribution in [3.63, 3.8) is 0 Å². The first kappa shape index (κ1) is 18.7. The first-order chi connectivity index (χ1) is 13.4. The molecule has 0 saturated heterocycles. The van der Waals surface area contributed by atoms with Crippen LogP contribution in [0.5, 0.6) is 0 Å². The molecule has 0 spiro atoms. The van der Waals surface area contributed by atoms with Gasteiger partial charge in [0.15, 0.2) is 0 Å².